The van der Waals surface area contributed by atoms with Crippen LogP contribution in [0.4, 0.5) is 10.1 Å². The lowest BCUT2D eigenvalue weighted by molar-refractivity contribution is 0.0746. The van der Waals surface area contributed by atoms with E-state index in [1.807, 2.05) is 18.7 Å². The Bertz CT molecular complexity index is 850. The summed E-state index contributed by atoms with van der Waals surface area (Å²) in [6.07, 6.45) is 2.30. The quantitative estimate of drug-likeness (QED) is 0.861. The molecule has 148 valence electrons. The minimum absolute atomic E-state index is 0.0418. The molecule has 1 atom stereocenters. The van der Waals surface area contributed by atoms with Crippen LogP contribution >= 0.6 is 0 Å². The number of hydrogen-bond donors (Lipinski definition) is 1. The van der Waals surface area contributed by atoms with E-state index in [4.69, 9.17) is 0 Å². The number of aromatic nitrogens is 1. The first kappa shape index (κ1) is 19.8. The second kappa shape index (κ2) is 8.82. The molecular formula is C21H25FN4O2. The summed E-state index contributed by atoms with van der Waals surface area (Å²) in [5, 5.41) is 2.85. The molecule has 1 aliphatic rings. The van der Waals surface area contributed by atoms with E-state index in [2.05, 4.69) is 10.3 Å². The molecule has 1 fully saturated rings. The molecule has 0 spiro atoms. The number of para-hydroxylation sites is 1. The van der Waals surface area contributed by atoms with Crippen molar-refractivity contribution in [3.8, 4) is 0 Å². The predicted octanol–water partition coefficient (Wildman–Crippen LogP) is 2.71. The monoisotopic (exact) mass is 384 g/mol. The highest BCUT2D eigenvalue weighted by Gasteiger charge is 2.24. The molecular weight excluding hydrogens is 359 g/mol. The molecule has 0 bridgehead atoms. The lowest BCUT2D eigenvalue weighted by Crippen LogP contribution is -2.49. The Balaban J connectivity index is 1.65. The minimum Gasteiger partial charge on any atom is -0.366 e. The van der Waals surface area contributed by atoms with Crippen molar-refractivity contribution in [1.82, 2.24) is 15.2 Å². The van der Waals surface area contributed by atoms with Gasteiger partial charge in [-0.1, -0.05) is 19.1 Å². The number of anilines is 1. The third kappa shape index (κ3) is 4.47. The van der Waals surface area contributed by atoms with Crippen LogP contribution < -0.4 is 10.2 Å². The average Bonchev–Trinajstić information content (AvgIpc) is 2.73. The molecule has 7 heteroatoms. The average molecular weight is 384 g/mol. The minimum atomic E-state index is -0.284. The number of halogens is 1. The molecule has 2 heterocycles. The van der Waals surface area contributed by atoms with Crippen LogP contribution in [0.5, 0.6) is 0 Å². The molecule has 0 saturated carbocycles. The molecule has 1 aromatic heterocycles. The van der Waals surface area contributed by atoms with Crippen molar-refractivity contribution in [1.29, 1.82) is 0 Å². The fourth-order valence-corrected chi connectivity index (χ4v) is 3.13. The maximum Gasteiger partial charge on any atom is 0.270 e. The van der Waals surface area contributed by atoms with Crippen molar-refractivity contribution in [3.63, 3.8) is 0 Å². The summed E-state index contributed by atoms with van der Waals surface area (Å²) in [6.45, 7) is 5.99. The molecule has 3 rings (SSSR count). The van der Waals surface area contributed by atoms with Crippen LogP contribution in [0, 0.1) is 5.82 Å². The third-order valence-electron chi connectivity index (χ3n) is 4.99. The van der Waals surface area contributed by atoms with Gasteiger partial charge in [0.2, 0.25) is 0 Å². The van der Waals surface area contributed by atoms with Crippen LogP contribution in [0.15, 0.2) is 42.6 Å². The molecule has 2 amide bonds. The Labute approximate surface area is 164 Å². The molecule has 0 radical (unpaired) electrons. The van der Waals surface area contributed by atoms with Crippen molar-refractivity contribution in [2.24, 2.45) is 0 Å². The molecule has 28 heavy (non-hydrogen) atoms. The van der Waals surface area contributed by atoms with Gasteiger partial charge in [-0.3, -0.25) is 14.6 Å². The Morgan fingerprint density at radius 3 is 2.57 bits per heavy atom. The van der Waals surface area contributed by atoms with Crippen LogP contribution in [0.2, 0.25) is 0 Å². The van der Waals surface area contributed by atoms with Gasteiger partial charge in [-0.15, -0.1) is 0 Å². The number of amides is 2. The Morgan fingerprint density at radius 1 is 1.18 bits per heavy atom. The van der Waals surface area contributed by atoms with Crippen molar-refractivity contribution in [2.75, 3.05) is 31.1 Å². The van der Waals surface area contributed by atoms with E-state index in [1.54, 1.807) is 29.2 Å². The normalized spacial score (nSPS) is 15.2. The Morgan fingerprint density at radius 2 is 1.89 bits per heavy atom. The van der Waals surface area contributed by atoms with Crippen LogP contribution in [0.25, 0.3) is 0 Å². The van der Waals surface area contributed by atoms with E-state index in [0.717, 1.165) is 6.42 Å². The SMILES string of the molecule is CCC(C)NC(=O)c1cc(C(=O)N2CCN(c3ccccc3F)CC2)ccn1. The zero-order valence-electron chi connectivity index (χ0n) is 16.2. The number of carbonyl (C=O) groups excluding carboxylic acids is 2. The van der Waals surface area contributed by atoms with Crippen LogP contribution in [-0.2, 0) is 0 Å². The van der Waals surface area contributed by atoms with Crippen molar-refractivity contribution >= 4 is 17.5 Å². The van der Waals surface area contributed by atoms with Crippen LogP contribution in [0.1, 0.15) is 41.1 Å². The zero-order valence-corrected chi connectivity index (χ0v) is 16.2. The second-order valence-corrected chi connectivity index (χ2v) is 6.94. The smallest absolute Gasteiger partial charge is 0.270 e. The number of rotatable bonds is 5. The predicted molar refractivity (Wildman–Crippen MR) is 106 cm³/mol. The van der Waals surface area contributed by atoms with E-state index in [9.17, 15) is 14.0 Å². The molecule has 1 unspecified atom stereocenters. The zero-order chi connectivity index (χ0) is 20.1. The molecule has 6 nitrogen and oxygen atoms in total. The maximum absolute atomic E-state index is 14.0. The van der Waals surface area contributed by atoms with Gasteiger partial charge in [-0.05, 0) is 37.6 Å². The largest absolute Gasteiger partial charge is 0.366 e. The molecule has 1 N–H and O–H groups in total. The van der Waals surface area contributed by atoms with Gasteiger partial charge in [0.15, 0.2) is 0 Å². The summed E-state index contributed by atoms with van der Waals surface area (Å²) >= 11 is 0. The maximum atomic E-state index is 14.0. The van der Waals surface area contributed by atoms with E-state index in [0.29, 0.717) is 37.4 Å². The van der Waals surface area contributed by atoms with Gasteiger partial charge < -0.3 is 15.1 Å². The van der Waals surface area contributed by atoms with E-state index < -0.39 is 0 Å². The summed E-state index contributed by atoms with van der Waals surface area (Å²) in [7, 11) is 0. The van der Waals surface area contributed by atoms with Crippen LogP contribution in [0.3, 0.4) is 0 Å². The molecule has 1 aliphatic heterocycles. The first-order valence-electron chi connectivity index (χ1n) is 9.55. The van der Waals surface area contributed by atoms with E-state index in [-0.39, 0.29) is 29.4 Å². The van der Waals surface area contributed by atoms with Gasteiger partial charge >= 0.3 is 0 Å². The Hall–Kier alpha value is -2.96. The molecule has 1 aromatic carbocycles. The fourth-order valence-electron chi connectivity index (χ4n) is 3.13. The summed E-state index contributed by atoms with van der Waals surface area (Å²) < 4.78 is 14.0. The van der Waals surface area contributed by atoms with E-state index in [1.165, 1.54) is 18.3 Å². The first-order chi connectivity index (χ1) is 13.5. The van der Waals surface area contributed by atoms with Gasteiger partial charge in [0.25, 0.3) is 11.8 Å². The molecule has 1 saturated heterocycles. The lowest BCUT2D eigenvalue weighted by atomic mass is 10.1. The first-order valence-corrected chi connectivity index (χ1v) is 9.55. The molecule has 2 aromatic rings. The summed E-state index contributed by atoms with van der Waals surface area (Å²) in [4.78, 5) is 32.8. The summed E-state index contributed by atoms with van der Waals surface area (Å²) in [5.41, 5.74) is 1.22. The number of nitrogens with one attached hydrogen (secondary N) is 1. The van der Waals surface area contributed by atoms with Crippen molar-refractivity contribution in [3.05, 3.63) is 59.7 Å². The third-order valence-corrected chi connectivity index (χ3v) is 4.99. The van der Waals surface area contributed by atoms with Gasteiger partial charge in [-0.25, -0.2) is 4.39 Å². The highest BCUT2D eigenvalue weighted by Crippen LogP contribution is 2.20. The number of nitrogens with zero attached hydrogens (tertiary/aromatic N) is 3. The number of pyridine rings is 1. The van der Waals surface area contributed by atoms with Crippen molar-refractivity contribution < 1.29 is 14.0 Å². The van der Waals surface area contributed by atoms with Gasteiger partial charge in [-0.2, -0.15) is 0 Å². The number of hydrogen-bond acceptors (Lipinski definition) is 4. The van der Waals surface area contributed by atoms with Gasteiger partial charge in [0, 0.05) is 44.0 Å². The second-order valence-electron chi connectivity index (χ2n) is 6.94. The number of benzene rings is 1. The van der Waals surface area contributed by atoms with Crippen molar-refractivity contribution in [2.45, 2.75) is 26.3 Å². The Kier molecular flexibility index (Phi) is 6.23. The number of carbonyl (C=O) groups is 2. The highest BCUT2D eigenvalue weighted by atomic mass is 19.1. The fraction of sp³-hybridized carbons (Fsp3) is 0.381. The molecule has 0 aliphatic carbocycles. The van der Waals surface area contributed by atoms with Gasteiger partial charge in [0.05, 0.1) is 5.69 Å². The van der Waals surface area contributed by atoms with Crippen LogP contribution in [-0.4, -0.2) is 53.9 Å². The van der Waals surface area contributed by atoms with Gasteiger partial charge in [0.1, 0.15) is 11.5 Å². The topological polar surface area (TPSA) is 65.5 Å². The summed E-state index contributed by atoms with van der Waals surface area (Å²) in [6, 6.07) is 9.85. The highest BCUT2D eigenvalue weighted by molar-refractivity contribution is 5.98. The van der Waals surface area contributed by atoms with E-state index >= 15 is 0 Å². The standard InChI is InChI=1S/C21H25FN4O2/c1-3-15(2)24-20(27)18-14-16(8-9-23-18)21(28)26-12-10-25(11-13-26)19-7-5-4-6-17(19)22/h4-9,14-15H,3,10-13H2,1-2H3,(H,24,27). The summed E-state index contributed by atoms with van der Waals surface area (Å²) in [5.74, 6) is -0.685. The number of piperazine rings is 1. The lowest BCUT2D eigenvalue weighted by Gasteiger charge is -2.36.